The Morgan fingerprint density at radius 3 is 2.78 bits per heavy atom. The zero-order valence-corrected chi connectivity index (χ0v) is 12.6. The summed E-state index contributed by atoms with van der Waals surface area (Å²) in [6.45, 7) is 11.4. The lowest BCUT2D eigenvalue weighted by Gasteiger charge is -2.51. The Hall–Kier alpha value is -0.0400. The first kappa shape index (κ1) is 13.0. The van der Waals surface area contributed by atoms with Crippen LogP contribution >= 0.6 is 0 Å². The summed E-state index contributed by atoms with van der Waals surface area (Å²) in [4.78, 5) is 2.81. The second-order valence-corrected chi connectivity index (χ2v) is 7.50. The molecule has 1 heteroatoms. The number of nitrogens with zero attached hydrogens (tertiary/aromatic N) is 1. The van der Waals surface area contributed by atoms with Crippen molar-refractivity contribution < 1.29 is 0 Å². The quantitative estimate of drug-likeness (QED) is 0.722. The third kappa shape index (κ3) is 1.85. The summed E-state index contributed by atoms with van der Waals surface area (Å²) in [5, 5.41) is 0. The van der Waals surface area contributed by atoms with Crippen molar-refractivity contribution in [2.45, 2.75) is 59.3 Å². The molecule has 0 aromatic rings. The molecule has 1 heterocycles. The fourth-order valence-electron chi connectivity index (χ4n) is 5.65. The van der Waals surface area contributed by atoms with Gasteiger partial charge in [-0.1, -0.05) is 27.2 Å². The maximum atomic E-state index is 2.81. The van der Waals surface area contributed by atoms with Crippen molar-refractivity contribution in [3.8, 4) is 0 Å². The number of fused-ring (bicyclic) bond motifs is 5. The average molecular weight is 249 g/mol. The first-order valence-electron chi connectivity index (χ1n) is 8.42. The molecule has 2 saturated carbocycles. The Kier molecular flexibility index (Phi) is 3.47. The van der Waals surface area contributed by atoms with Gasteiger partial charge in [-0.25, -0.2) is 0 Å². The molecule has 0 aromatic heterocycles. The Bertz CT molecular complexity index is 300. The molecular formula is C17H31N. The van der Waals surface area contributed by atoms with Crippen LogP contribution in [0, 0.1) is 29.1 Å². The summed E-state index contributed by atoms with van der Waals surface area (Å²) in [6, 6.07) is 0. The maximum absolute atomic E-state index is 2.81. The van der Waals surface area contributed by atoms with Crippen LogP contribution in [0.15, 0.2) is 0 Å². The summed E-state index contributed by atoms with van der Waals surface area (Å²) >= 11 is 0. The Balaban J connectivity index is 1.72. The summed E-state index contributed by atoms with van der Waals surface area (Å²) in [5.74, 6) is 4.17. The molecule has 2 unspecified atom stereocenters. The number of piperidine rings is 1. The highest BCUT2D eigenvalue weighted by Crippen LogP contribution is 2.63. The van der Waals surface area contributed by atoms with Crippen molar-refractivity contribution in [2.24, 2.45) is 29.1 Å². The zero-order chi connectivity index (χ0) is 12.8. The van der Waals surface area contributed by atoms with Gasteiger partial charge in [0.15, 0.2) is 0 Å². The predicted octanol–water partition coefficient (Wildman–Crippen LogP) is 4.18. The summed E-state index contributed by atoms with van der Waals surface area (Å²) in [7, 11) is 0. The van der Waals surface area contributed by atoms with E-state index in [1.807, 2.05) is 0 Å². The van der Waals surface area contributed by atoms with Gasteiger partial charge in [-0.2, -0.15) is 0 Å². The smallest absolute Gasteiger partial charge is 0.00434 e. The number of rotatable bonds is 4. The standard InChI is InChI=1S/C17H31N/c1-4-13(3)11-18-9-8-16-14-6-7-15(10-14)17(16,5-2)12-18/h13-16H,4-12H2,1-3H3/t13?,14?,15-,16+,17-/m0/s1. The molecule has 0 aromatic carbocycles. The molecule has 5 atom stereocenters. The molecule has 0 amide bonds. The van der Waals surface area contributed by atoms with E-state index in [1.165, 1.54) is 38.9 Å². The van der Waals surface area contributed by atoms with E-state index in [0.29, 0.717) is 0 Å². The minimum absolute atomic E-state index is 0.731. The lowest BCUT2D eigenvalue weighted by atomic mass is 9.61. The van der Waals surface area contributed by atoms with Gasteiger partial charge in [-0.15, -0.1) is 0 Å². The normalized spacial score (nSPS) is 45.2. The zero-order valence-electron chi connectivity index (χ0n) is 12.6. The van der Waals surface area contributed by atoms with Gasteiger partial charge in [0.25, 0.3) is 0 Å². The van der Waals surface area contributed by atoms with Gasteiger partial charge in [0, 0.05) is 13.1 Å². The van der Waals surface area contributed by atoms with E-state index in [-0.39, 0.29) is 0 Å². The van der Waals surface area contributed by atoms with Gasteiger partial charge >= 0.3 is 0 Å². The van der Waals surface area contributed by atoms with E-state index >= 15 is 0 Å². The highest BCUT2D eigenvalue weighted by atomic mass is 15.1. The fraction of sp³-hybridized carbons (Fsp3) is 1.00. The Morgan fingerprint density at radius 1 is 1.22 bits per heavy atom. The van der Waals surface area contributed by atoms with Crippen molar-refractivity contribution >= 4 is 0 Å². The molecule has 3 rings (SSSR count). The van der Waals surface area contributed by atoms with Crippen LogP contribution in [-0.2, 0) is 0 Å². The first-order chi connectivity index (χ1) is 8.69. The third-order valence-electron chi connectivity index (χ3n) is 6.79. The van der Waals surface area contributed by atoms with E-state index in [4.69, 9.17) is 0 Å². The number of hydrogen-bond donors (Lipinski definition) is 0. The van der Waals surface area contributed by atoms with E-state index in [1.54, 1.807) is 19.3 Å². The second-order valence-electron chi connectivity index (χ2n) is 7.50. The van der Waals surface area contributed by atoms with Gasteiger partial charge in [0.05, 0.1) is 0 Å². The SMILES string of the molecule is CCC(C)CN1CC[C@@H]2C3CC[C@@H](C3)[C@]2(CC)C1. The molecule has 2 bridgehead atoms. The van der Waals surface area contributed by atoms with E-state index < -0.39 is 0 Å². The molecule has 0 spiro atoms. The molecule has 2 aliphatic carbocycles. The average Bonchev–Trinajstić information content (AvgIpc) is 2.98. The van der Waals surface area contributed by atoms with Crippen LogP contribution in [0.4, 0.5) is 0 Å². The van der Waals surface area contributed by atoms with E-state index in [0.717, 1.165) is 29.1 Å². The van der Waals surface area contributed by atoms with Crippen molar-refractivity contribution in [1.82, 2.24) is 4.90 Å². The Morgan fingerprint density at radius 2 is 2.06 bits per heavy atom. The van der Waals surface area contributed by atoms with Crippen LogP contribution in [0.25, 0.3) is 0 Å². The minimum atomic E-state index is 0.731. The van der Waals surface area contributed by atoms with E-state index in [2.05, 4.69) is 25.7 Å². The lowest BCUT2D eigenvalue weighted by Crippen LogP contribution is -2.52. The number of likely N-dealkylation sites (tertiary alicyclic amines) is 1. The molecule has 1 nitrogen and oxygen atoms in total. The van der Waals surface area contributed by atoms with Crippen LogP contribution in [0.2, 0.25) is 0 Å². The van der Waals surface area contributed by atoms with Crippen molar-refractivity contribution in [1.29, 1.82) is 0 Å². The summed E-state index contributed by atoms with van der Waals surface area (Å²) < 4.78 is 0. The molecule has 1 saturated heterocycles. The van der Waals surface area contributed by atoms with Gasteiger partial charge in [0.2, 0.25) is 0 Å². The molecule has 18 heavy (non-hydrogen) atoms. The first-order valence-corrected chi connectivity index (χ1v) is 8.42. The molecule has 104 valence electrons. The fourth-order valence-corrected chi connectivity index (χ4v) is 5.65. The molecule has 1 aliphatic heterocycles. The highest BCUT2D eigenvalue weighted by Gasteiger charge is 2.58. The lowest BCUT2D eigenvalue weighted by molar-refractivity contribution is -0.0233. The molecule has 3 aliphatic rings. The third-order valence-corrected chi connectivity index (χ3v) is 6.79. The molecule has 0 N–H and O–H groups in total. The van der Waals surface area contributed by atoms with Crippen molar-refractivity contribution in [3.05, 3.63) is 0 Å². The highest BCUT2D eigenvalue weighted by molar-refractivity contribution is 5.08. The van der Waals surface area contributed by atoms with Gasteiger partial charge in [0.1, 0.15) is 0 Å². The molecule has 3 fully saturated rings. The van der Waals surface area contributed by atoms with Crippen molar-refractivity contribution in [3.63, 3.8) is 0 Å². The van der Waals surface area contributed by atoms with Crippen LogP contribution < -0.4 is 0 Å². The monoisotopic (exact) mass is 249 g/mol. The van der Waals surface area contributed by atoms with Crippen molar-refractivity contribution in [2.75, 3.05) is 19.6 Å². The van der Waals surface area contributed by atoms with Crippen LogP contribution in [0.3, 0.4) is 0 Å². The second kappa shape index (κ2) is 4.81. The van der Waals surface area contributed by atoms with Gasteiger partial charge in [-0.3, -0.25) is 0 Å². The van der Waals surface area contributed by atoms with Crippen LogP contribution in [0.5, 0.6) is 0 Å². The topological polar surface area (TPSA) is 3.24 Å². The van der Waals surface area contributed by atoms with Crippen LogP contribution in [-0.4, -0.2) is 24.5 Å². The largest absolute Gasteiger partial charge is 0.302 e. The van der Waals surface area contributed by atoms with Gasteiger partial charge in [-0.05, 0) is 67.7 Å². The maximum Gasteiger partial charge on any atom is 0.00434 e. The van der Waals surface area contributed by atoms with Gasteiger partial charge < -0.3 is 4.90 Å². The molecule has 0 radical (unpaired) electrons. The predicted molar refractivity (Wildman–Crippen MR) is 77.6 cm³/mol. The minimum Gasteiger partial charge on any atom is -0.302 e. The summed E-state index contributed by atoms with van der Waals surface area (Å²) in [6.07, 6.45) is 8.97. The van der Waals surface area contributed by atoms with E-state index in [9.17, 15) is 0 Å². The Labute approximate surface area is 113 Å². The number of hydrogen-bond acceptors (Lipinski definition) is 1. The summed E-state index contributed by atoms with van der Waals surface area (Å²) in [5.41, 5.74) is 0.731. The molecular weight excluding hydrogens is 218 g/mol. The van der Waals surface area contributed by atoms with Crippen LogP contribution in [0.1, 0.15) is 59.3 Å².